The fourth-order valence-corrected chi connectivity index (χ4v) is 2.17. The van der Waals surface area contributed by atoms with Crippen molar-refractivity contribution in [1.29, 1.82) is 0 Å². The summed E-state index contributed by atoms with van der Waals surface area (Å²) >= 11 is 0. The Labute approximate surface area is 90.3 Å². The molecule has 1 unspecified atom stereocenters. The van der Waals surface area contributed by atoms with Gasteiger partial charge < -0.3 is 10.2 Å². The number of hydrogen-bond acceptors (Lipinski definition) is 2. The lowest BCUT2D eigenvalue weighted by atomic mass is 9.92. The standard InChI is InChI=1S/C11H10F2O3/c12-8-2-1-7-6(10(8)13)3-4-11(7,16)5-9(14)15/h1-2,16H,3-5H2,(H,14,15). The Morgan fingerprint density at radius 3 is 2.75 bits per heavy atom. The summed E-state index contributed by atoms with van der Waals surface area (Å²) in [6.07, 6.45) is -0.233. The fourth-order valence-electron chi connectivity index (χ4n) is 2.17. The van der Waals surface area contributed by atoms with Crippen LogP contribution in [0.5, 0.6) is 0 Å². The quantitative estimate of drug-likeness (QED) is 0.807. The summed E-state index contributed by atoms with van der Waals surface area (Å²) in [6.45, 7) is 0. The molecule has 0 spiro atoms. The molecule has 86 valence electrons. The molecule has 0 saturated carbocycles. The van der Waals surface area contributed by atoms with Crippen LogP contribution < -0.4 is 0 Å². The van der Waals surface area contributed by atoms with E-state index in [0.717, 1.165) is 6.07 Å². The minimum absolute atomic E-state index is 0.0868. The van der Waals surface area contributed by atoms with E-state index in [-0.39, 0.29) is 24.0 Å². The molecule has 0 heterocycles. The number of carboxylic acid groups (broad SMARTS) is 1. The largest absolute Gasteiger partial charge is 0.481 e. The van der Waals surface area contributed by atoms with E-state index in [2.05, 4.69) is 0 Å². The predicted octanol–water partition coefficient (Wildman–Crippen LogP) is 1.57. The van der Waals surface area contributed by atoms with Crippen LogP contribution in [0.2, 0.25) is 0 Å². The zero-order chi connectivity index (χ0) is 11.9. The summed E-state index contributed by atoms with van der Waals surface area (Å²) in [5.74, 6) is -3.13. The number of hydrogen-bond donors (Lipinski definition) is 2. The summed E-state index contributed by atoms with van der Waals surface area (Å²) in [4.78, 5) is 10.6. The van der Waals surface area contributed by atoms with Crippen LogP contribution in [-0.2, 0) is 16.8 Å². The monoisotopic (exact) mass is 228 g/mol. The molecule has 0 bridgehead atoms. The second-order valence-electron chi connectivity index (χ2n) is 3.99. The van der Waals surface area contributed by atoms with Crippen molar-refractivity contribution in [3.8, 4) is 0 Å². The number of benzene rings is 1. The van der Waals surface area contributed by atoms with Crippen molar-refractivity contribution >= 4 is 5.97 Å². The van der Waals surface area contributed by atoms with E-state index in [0.29, 0.717) is 0 Å². The average molecular weight is 228 g/mol. The van der Waals surface area contributed by atoms with Crippen molar-refractivity contribution in [2.24, 2.45) is 0 Å². The van der Waals surface area contributed by atoms with Gasteiger partial charge in [0.2, 0.25) is 0 Å². The summed E-state index contributed by atoms with van der Waals surface area (Å²) in [5.41, 5.74) is -1.30. The van der Waals surface area contributed by atoms with E-state index >= 15 is 0 Å². The van der Waals surface area contributed by atoms with Gasteiger partial charge in [0.05, 0.1) is 6.42 Å². The number of rotatable bonds is 2. The molecule has 2 N–H and O–H groups in total. The molecule has 1 aliphatic rings. The molecule has 1 aliphatic carbocycles. The third-order valence-corrected chi connectivity index (χ3v) is 2.93. The first-order valence-corrected chi connectivity index (χ1v) is 4.85. The Kier molecular flexibility index (Phi) is 2.42. The molecule has 1 atom stereocenters. The summed E-state index contributed by atoms with van der Waals surface area (Å²) in [6, 6.07) is 2.16. The molecule has 1 aromatic rings. The number of halogens is 2. The van der Waals surface area contributed by atoms with Crippen molar-refractivity contribution in [3.05, 3.63) is 34.9 Å². The van der Waals surface area contributed by atoms with Crippen LogP contribution in [0.25, 0.3) is 0 Å². The van der Waals surface area contributed by atoms with Crippen LogP contribution in [0.3, 0.4) is 0 Å². The molecule has 0 saturated heterocycles. The maximum Gasteiger partial charge on any atom is 0.306 e. The van der Waals surface area contributed by atoms with Crippen LogP contribution in [0.1, 0.15) is 24.0 Å². The Hall–Kier alpha value is -1.49. The predicted molar refractivity (Wildman–Crippen MR) is 50.8 cm³/mol. The lowest BCUT2D eigenvalue weighted by Crippen LogP contribution is -2.26. The van der Waals surface area contributed by atoms with Crippen LogP contribution in [-0.4, -0.2) is 16.2 Å². The Bertz CT molecular complexity index is 459. The van der Waals surface area contributed by atoms with E-state index < -0.39 is 29.6 Å². The second kappa shape index (κ2) is 3.52. The van der Waals surface area contributed by atoms with Gasteiger partial charge in [-0.2, -0.15) is 0 Å². The third kappa shape index (κ3) is 1.57. The van der Waals surface area contributed by atoms with E-state index in [1.165, 1.54) is 6.07 Å². The minimum atomic E-state index is -1.57. The van der Waals surface area contributed by atoms with E-state index in [9.17, 15) is 18.7 Å². The first kappa shape index (κ1) is 11.0. The number of fused-ring (bicyclic) bond motifs is 1. The maximum absolute atomic E-state index is 13.4. The molecule has 0 fully saturated rings. The van der Waals surface area contributed by atoms with Crippen molar-refractivity contribution in [2.45, 2.75) is 24.9 Å². The van der Waals surface area contributed by atoms with Crippen LogP contribution in [0.15, 0.2) is 12.1 Å². The highest BCUT2D eigenvalue weighted by Gasteiger charge is 2.40. The highest BCUT2D eigenvalue weighted by Crippen LogP contribution is 2.40. The molecular formula is C11H10F2O3. The Morgan fingerprint density at radius 1 is 1.44 bits per heavy atom. The molecule has 0 amide bonds. The van der Waals surface area contributed by atoms with E-state index in [1.54, 1.807) is 0 Å². The highest BCUT2D eigenvalue weighted by atomic mass is 19.2. The topological polar surface area (TPSA) is 57.5 Å². The zero-order valence-corrected chi connectivity index (χ0v) is 8.33. The summed E-state index contributed by atoms with van der Waals surface area (Å²) in [5, 5.41) is 18.7. The molecule has 5 heteroatoms. The van der Waals surface area contributed by atoms with Crippen molar-refractivity contribution in [3.63, 3.8) is 0 Å². The lowest BCUT2D eigenvalue weighted by Gasteiger charge is -2.21. The molecule has 0 aliphatic heterocycles. The van der Waals surface area contributed by atoms with Gasteiger partial charge in [-0.1, -0.05) is 6.07 Å². The van der Waals surface area contributed by atoms with Gasteiger partial charge in [0, 0.05) is 0 Å². The highest BCUT2D eigenvalue weighted by molar-refractivity contribution is 5.69. The van der Waals surface area contributed by atoms with Gasteiger partial charge in [0.25, 0.3) is 0 Å². The van der Waals surface area contributed by atoms with Gasteiger partial charge in [-0.25, -0.2) is 8.78 Å². The number of carboxylic acids is 1. The van der Waals surface area contributed by atoms with Gasteiger partial charge in [0.15, 0.2) is 11.6 Å². The van der Waals surface area contributed by atoms with Gasteiger partial charge in [0.1, 0.15) is 5.60 Å². The van der Waals surface area contributed by atoms with Crippen LogP contribution in [0.4, 0.5) is 8.78 Å². The minimum Gasteiger partial charge on any atom is -0.481 e. The van der Waals surface area contributed by atoms with Crippen LogP contribution >= 0.6 is 0 Å². The first-order valence-electron chi connectivity index (χ1n) is 4.85. The molecule has 0 radical (unpaired) electrons. The van der Waals surface area contributed by atoms with Crippen molar-refractivity contribution < 1.29 is 23.8 Å². The molecule has 3 nitrogen and oxygen atoms in total. The summed E-state index contributed by atoms with van der Waals surface area (Å²) in [7, 11) is 0. The first-order chi connectivity index (χ1) is 7.44. The van der Waals surface area contributed by atoms with Crippen molar-refractivity contribution in [1.82, 2.24) is 0 Å². The Balaban J connectivity index is 2.48. The number of carbonyl (C=O) groups is 1. The SMILES string of the molecule is O=C(O)CC1(O)CCc2c1ccc(F)c2F. The molecule has 1 aromatic carbocycles. The van der Waals surface area contributed by atoms with Gasteiger partial charge >= 0.3 is 5.97 Å². The van der Waals surface area contributed by atoms with Crippen molar-refractivity contribution in [2.75, 3.05) is 0 Å². The number of aliphatic hydroxyl groups is 1. The molecular weight excluding hydrogens is 218 g/mol. The fraction of sp³-hybridized carbons (Fsp3) is 0.364. The zero-order valence-electron chi connectivity index (χ0n) is 8.33. The average Bonchev–Trinajstić information content (AvgIpc) is 2.49. The maximum atomic E-state index is 13.4. The van der Waals surface area contributed by atoms with Gasteiger partial charge in [-0.3, -0.25) is 4.79 Å². The Morgan fingerprint density at radius 2 is 2.12 bits per heavy atom. The second-order valence-corrected chi connectivity index (χ2v) is 3.99. The van der Waals surface area contributed by atoms with Gasteiger partial charge in [-0.05, 0) is 30.0 Å². The number of aliphatic carboxylic acids is 1. The summed E-state index contributed by atoms with van der Waals surface area (Å²) < 4.78 is 26.3. The smallest absolute Gasteiger partial charge is 0.306 e. The van der Waals surface area contributed by atoms with Gasteiger partial charge in [-0.15, -0.1) is 0 Å². The molecule has 16 heavy (non-hydrogen) atoms. The normalized spacial score (nSPS) is 23.2. The molecule has 2 rings (SSSR count). The van der Waals surface area contributed by atoms with E-state index in [4.69, 9.17) is 5.11 Å². The molecule has 0 aromatic heterocycles. The van der Waals surface area contributed by atoms with E-state index in [1.807, 2.05) is 0 Å². The van der Waals surface area contributed by atoms with Crippen LogP contribution in [0, 0.1) is 11.6 Å². The lowest BCUT2D eigenvalue weighted by molar-refractivity contribution is -0.142. The third-order valence-electron chi connectivity index (χ3n) is 2.93.